The van der Waals surface area contributed by atoms with Gasteiger partial charge in [0, 0.05) is 70.5 Å². The number of nitrogens with two attached hydrogens (primary N) is 4. The van der Waals surface area contributed by atoms with Gasteiger partial charge in [0.2, 0.25) is 0 Å². The fraction of sp³-hybridized carbons (Fsp3) is 0.385. The third kappa shape index (κ3) is 12.9. The third-order valence-electron chi connectivity index (χ3n) is 13.9. The molecule has 3 aliphatic rings. The molecule has 3 fully saturated rings. The molecule has 0 bridgehead atoms. The second kappa shape index (κ2) is 24.5. The normalized spacial score (nSPS) is 16.1. The highest BCUT2D eigenvalue weighted by Crippen LogP contribution is 2.36. The molecule has 392 valence electrons. The van der Waals surface area contributed by atoms with Gasteiger partial charge in [-0.15, -0.1) is 0 Å². The van der Waals surface area contributed by atoms with Crippen LogP contribution in [-0.2, 0) is 43.5 Å². The Labute approximate surface area is 448 Å². The quantitative estimate of drug-likeness (QED) is 0.0219. The van der Waals surface area contributed by atoms with E-state index in [2.05, 4.69) is 40.9 Å². The van der Waals surface area contributed by atoms with Crippen molar-refractivity contribution in [2.24, 2.45) is 32.9 Å². The lowest BCUT2D eigenvalue weighted by Gasteiger charge is -2.27. The molecule has 74 heavy (non-hydrogen) atoms. The molecule has 3 aromatic heterocycles. The number of aliphatic imine (C=N–C) groups is 2. The van der Waals surface area contributed by atoms with E-state index in [0.29, 0.717) is 64.3 Å². The zero-order valence-electron chi connectivity index (χ0n) is 41.1. The number of methoxy groups -OCH3 is 2. The first-order valence-corrected chi connectivity index (χ1v) is 25.6. The molecular weight excluding hydrogens is 1030 g/mol. The van der Waals surface area contributed by atoms with Crippen molar-refractivity contribution in [2.75, 3.05) is 14.2 Å². The van der Waals surface area contributed by atoms with Gasteiger partial charge in [-0.1, -0.05) is 121 Å². The summed E-state index contributed by atoms with van der Waals surface area (Å²) >= 11 is 24.7. The summed E-state index contributed by atoms with van der Waals surface area (Å²) in [6.45, 7) is 1.50. The molecule has 9 rings (SSSR count). The molecule has 12 N–H and O–H groups in total. The van der Waals surface area contributed by atoms with Crippen LogP contribution in [0.3, 0.4) is 0 Å². The van der Waals surface area contributed by atoms with Gasteiger partial charge in [0.1, 0.15) is 21.8 Å². The first kappa shape index (κ1) is 55.6. The van der Waals surface area contributed by atoms with Gasteiger partial charge < -0.3 is 37.5 Å². The zero-order valence-corrected chi connectivity index (χ0v) is 44.1. The minimum Gasteiger partial charge on any atom is -0.480 e. The summed E-state index contributed by atoms with van der Waals surface area (Å²) < 4.78 is 9.98. The van der Waals surface area contributed by atoms with Crippen molar-refractivity contribution in [1.29, 1.82) is 0 Å². The first-order chi connectivity index (χ1) is 35.4. The lowest BCUT2D eigenvalue weighted by Crippen LogP contribution is -2.50. The molecule has 3 aromatic carbocycles. The minimum absolute atomic E-state index is 0.0692. The van der Waals surface area contributed by atoms with Gasteiger partial charge in [-0.2, -0.15) is 9.98 Å². The van der Waals surface area contributed by atoms with Gasteiger partial charge in [0.15, 0.2) is 23.6 Å². The van der Waals surface area contributed by atoms with Crippen LogP contribution in [0.2, 0.25) is 20.2 Å². The van der Waals surface area contributed by atoms with E-state index in [-0.39, 0.29) is 23.9 Å². The largest absolute Gasteiger partial charge is 0.480 e. The molecule has 3 heterocycles. The molecule has 0 spiro atoms. The molecule has 0 atom stereocenters. The van der Waals surface area contributed by atoms with Crippen molar-refractivity contribution >= 4 is 120 Å². The number of benzene rings is 3. The number of rotatable bonds is 14. The van der Waals surface area contributed by atoms with E-state index in [1.165, 1.54) is 26.6 Å². The highest BCUT2D eigenvalue weighted by molar-refractivity contribution is 6.39. The maximum Gasteiger partial charge on any atom is 0.326 e. The monoisotopic (exact) mass is 1090 g/mol. The number of pyridine rings is 3. The fourth-order valence-corrected chi connectivity index (χ4v) is 10.8. The Kier molecular flexibility index (Phi) is 18.4. The topological polar surface area (TPSA) is 293 Å². The number of carboxylic acids is 1. The van der Waals surface area contributed by atoms with Crippen molar-refractivity contribution in [3.63, 3.8) is 0 Å². The number of hydrogen-bond acceptors (Lipinski definition) is 13. The van der Waals surface area contributed by atoms with E-state index in [4.69, 9.17) is 78.8 Å². The van der Waals surface area contributed by atoms with Gasteiger partial charge in [-0.05, 0) is 73.4 Å². The molecule has 6 aromatic rings. The molecule has 22 heteroatoms. The summed E-state index contributed by atoms with van der Waals surface area (Å²) in [5.74, 6) is -0.544. The molecule has 0 radical (unpaired) electrons. The van der Waals surface area contributed by atoms with Gasteiger partial charge in [0.05, 0.1) is 29.3 Å². The van der Waals surface area contributed by atoms with Gasteiger partial charge in [-0.3, -0.25) is 30.3 Å². The van der Waals surface area contributed by atoms with Gasteiger partial charge in [-0.25, -0.2) is 15.0 Å². The summed E-state index contributed by atoms with van der Waals surface area (Å²) in [5.41, 5.74) is 22.8. The maximum atomic E-state index is 12.2. The highest BCUT2D eigenvalue weighted by Gasteiger charge is 2.43. The Hall–Kier alpha value is -6.12. The number of hydrogen-bond donors (Lipinski definition) is 8. The molecule has 0 saturated heterocycles. The standard InChI is InChI=1S/C18H22ClN5O2.C17H18Cl2N2O2.C17H20ClN5O2/c1-26-16(25)18(6-2-3-7-18)23-9-11-4-5-12-13(8-11)15(24-17(20)21)22-10-14(12)19;1-23-16(22)17(6-2-3-7-17)21-9-11-4-5-12-13(8-11)15(19)20-10-14(12)18;18-13-9-21-14(23-16(19)20)12-7-10(3-4-11(12)13)8-22-17(15(24)25)5-1-2-6-17/h4-5,8,10,23H,2-3,6-7,9H2,1H3,(H4,20,21,22,24);4-5,8,10,21H,2-3,6-7,9H2,1H3;3-4,7,9,22H,1-2,5-6,8H2,(H,24,25)(H4,19,20,21,23). The summed E-state index contributed by atoms with van der Waals surface area (Å²) in [4.78, 5) is 56.6. The number of guanidine groups is 2. The highest BCUT2D eigenvalue weighted by atomic mass is 35.5. The predicted molar refractivity (Wildman–Crippen MR) is 292 cm³/mol. The molecule has 0 unspecified atom stereocenters. The molecule has 0 aliphatic heterocycles. The number of esters is 2. The second-order valence-corrected chi connectivity index (χ2v) is 20.3. The number of carboxylic acid groups (broad SMARTS) is 1. The second-order valence-electron chi connectivity index (χ2n) is 18.7. The SMILES string of the molecule is COC(=O)C1(NCc2ccc3c(Cl)cnc(Cl)c3c2)CCCC1.COC(=O)C1(NCc2ccc3c(Cl)cnc(N=C(N)N)c3c2)CCCC1.NC(N)=Nc1ncc(Cl)c2ccc(CNC3(C(=O)O)CCCC3)cc12. The van der Waals surface area contributed by atoms with Crippen molar-refractivity contribution in [2.45, 2.75) is 113 Å². The number of aliphatic carboxylic acids is 1. The van der Waals surface area contributed by atoms with Crippen LogP contribution in [0, 0.1) is 0 Å². The minimum atomic E-state index is -0.843. The van der Waals surface area contributed by atoms with Crippen molar-refractivity contribution < 1.29 is 29.0 Å². The molecule has 3 saturated carbocycles. The van der Waals surface area contributed by atoms with Crippen LogP contribution in [0.15, 0.2) is 83.2 Å². The van der Waals surface area contributed by atoms with Crippen LogP contribution in [0.4, 0.5) is 11.6 Å². The lowest BCUT2D eigenvalue weighted by atomic mass is 9.97. The van der Waals surface area contributed by atoms with E-state index in [1.807, 2.05) is 54.6 Å². The average Bonchev–Trinajstić information content (AvgIpc) is 4.21. The van der Waals surface area contributed by atoms with Gasteiger partial charge >= 0.3 is 17.9 Å². The summed E-state index contributed by atoms with van der Waals surface area (Å²) in [5, 5.41) is 26.3. The maximum absolute atomic E-state index is 12.2. The average molecular weight is 1090 g/mol. The van der Waals surface area contributed by atoms with Crippen LogP contribution < -0.4 is 38.9 Å². The van der Waals surface area contributed by atoms with Crippen LogP contribution >= 0.6 is 46.4 Å². The summed E-state index contributed by atoms with van der Waals surface area (Å²) in [6.07, 6.45) is 15.0. The van der Waals surface area contributed by atoms with E-state index in [0.717, 1.165) is 113 Å². The number of fused-ring (bicyclic) bond motifs is 3. The Morgan fingerprint density at radius 1 is 0.527 bits per heavy atom. The van der Waals surface area contributed by atoms with E-state index >= 15 is 0 Å². The Morgan fingerprint density at radius 2 is 0.851 bits per heavy atom. The Bertz CT molecular complexity index is 3100. The van der Waals surface area contributed by atoms with Crippen molar-refractivity contribution in [1.82, 2.24) is 30.9 Å². The van der Waals surface area contributed by atoms with Crippen molar-refractivity contribution in [3.05, 3.63) is 110 Å². The van der Waals surface area contributed by atoms with Crippen LogP contribution in [0.1, 0.15) is 93.7 Å². The number of aromatic nitrogens is 3. The Morgan fingerprint density at radius 3 is 1.20 bits per heavy atom. The zero-order chi connectivity index (χ0) is 53.2. The first-order valence-electron chi connectivity index (χ1n) is 24.1. The van der Waals surface area contributed by atoms with Crippen LogP contribution in [0.5, 0.6) is 0 Å². The predicted octanol–water partition coefficient (Wildman–Crippen LogP) is 8.77. The van der Waals surface area contributed by atoms with Crippen LogP contribution in [0.25, 0.3) is 32.3 Å². The number of nitrogens with zero attached hydrogens (tertiary/aromatic N) is 5. The fourth-order valence-electron chi connectivity index (χ4n) is 9.97. The van der Waals surface area contributed by atoms with Gasteiger partial charge in [0.25, 0.3) is 0 Å². The molecule has 18 nitrogen and oxygen atoms in total. The number of nitrogens with one attached hydrogen (secondary N) is 3. The number of halogens is 4. The molecular formula is C52H60Cl4N12O6. The summed E-state index contributed by atoms with van der Waals surface area (Å²) in [7, 11) is 2.86. The lowest BCUT2D eigenvalue weighted by molar-refractivity contribution is -0.149. The van der Waals surface area contributed by atoms with E-state index in [9.17, 15) is 19.5 Å². The van der Waals surface area contributed by atoms with E-state index < -0.39 is 22.6 Å². The Balaban J connectivity index is 0.000000162. The number of ether oxygens (including phenoxy) is 2. The summed E-state index contributed by atoms with van der Waals surface area (Å²) in [6, 6.07) is 17.3. The molecule has 0 amide bonds. The number of carbonyl (C=O) groups is 3. The van der Waals surface area contributed by atoms with Crippen molar-refractivity contribution in [3.8, 4) is 0 Å². The number of carbonyl (C=O) groups excluding carboxylic acids is 2. The van der Waals surface area contributed by atoms with Crippen LogP contribution in [-0.4, -0.2) is 80.7 Å². The van der Waals surface area contributed by atoms with E-state index in [1.54, 1.807) is 6.20 Å². The smallest absolute Gasteiger partial charge is 0.326 e. The molecule has 3 aliphatic carbocycles. The third-order valence-corrected chi connectivity index (χ3v) is 15.1.